The number of nitrogens with zero attached hydrogens (tertiary/aromatic N) is 3. The van der Waals surface area contributed by atoms with Crippen molar-refractivity contribution >= 4 is 50.0 Å². The first-order valence-corrected chi connectivity index (χ1v) is 11.9. The summed E-state index contributed by atoms with van der Waals surface area (Å²) in [5.41, 5.74) is 9.63. The van der Waals surface area contributed by atoms with Crippen molar-refractivity contribution in [1.82, 2.24) is 14.4 Å². The Morgan fingerprint density at radius 2 is 1.55 bits per heavy atom. The molecule has 2 aromatic carbocycles. The molecule has 0 aliphatic heterocycles. The van der Waals surface area contributed by atoms with Gasteiger partial charge in [-0.25, -0.2) is 4.98 Å². The Morgan fingerprint density at radius 1 is 0.871 bits per heavy atom. The fourth-order valence-electron chi connectivity index (χ4n) is 4.76. The number of hydrogen-bond acceptors (Lipinski definition) is 2. The molecule has 0 amide bonds. The second-order valence-electron chi connectivity index (χ2n) is 8.94. The highest BCUT2D eigenvalue weighted by atomic mass is 127. The number of rotatable bonds is 3. The van der Waals surface area contributed by atoms with Crippen LogP contribution in [0.4, 0.5) is 0 Å². The molecule has 0 N–H and O–H groups in total. The Bertz CT molecular complexity index is 1430. The van der Waals surface area contributed by atoms with Crippen molar-refractivity contribution in [1.29, 1.82) is 0 Å². The Morgan fingerprint density at radius 3 is 2.23 bits per heavy atom. The second-order valence-corrected chi connectivity index (χ2v) is 10.2. The normalized spacial score (nSPS) is 12.1. The van der Waals surface area contributed by atoms with E-state index in [4.69, 9.17) is 9.97 Å². The number of fused-ring (bicyclic) bond motifs is 6. The van der Waals surface area contributed by atoms with Gasteiger partial charge in [-0.1, -0.05) is 58.0 Å². The number of halogens is 1. The summed E-state index contributed by atoms with van der Waals surface area (Å²) in [5.74, 6) is 0.852. The molecule has 0 saturated carbocycles. The lowest BCUT2D eigenvalue weighted by atomic mass is 9.87. The third-order valence-corrected chi connectivity index (χ3v) is 6.80. The fourth-order valence-corrected chi connectivity index (χ4v) is 5.22. The Hall–Kier alpha value is -2.47. The van der Waals surface area contributed by atoms with Crippen molar-refractivity contribution in [2.45, 2.75) is 46.5 Å². The molecular weight excluding hydrogens is 493 g/mol. The van der Waals surface area contributed by atoms with Gasteiger partial charge < -0.3 is 0 Å². The van der Waals surface area contributed by atoms with Gasteiger partial charge in [-0.3, -0.25) is 9.38 Å². The van der Waals surface area contributed by atoms with E-state index in [1.807, 2.05) is 6.20 Å². The molecule has 0 spiro atoms. The summed E-state index contributed by atoms with van der Waals surface area (Å²) in [6.07, 6.45) is 4.00. The van der Waals surface area contributed by atoms with Crippen molar-refractivity contribution in [3.8, 4) is 11.3 Å². The maximum atomic E-state index is 4.96. The van der Waals surface area contributed by atoms with Crippen LogP contribution in [0, 0.1) is 10.5 Å². The molecule has 0 fully saturated rings. The number of hydrogen-bond donors (Lipinski definition) is 0. The van der Waals surface area contributed by atoms with Gasteiger partial charge in [-0.15, -0.1) is 0 Å². The molecule has 3 heterocycles. The molecule has 0 bridgehead atoms. The minimum absolute atomic E-state index is 0.426. The standard InChI is InChI=1S/C27H26IN3/c1-15(2)19-9-7-10-20(16(3)4)25(19)23-14-30-27-21-12-18(28)13-29-26(21)24-17(5)8-6-11-22(24)31(23)27/h6-16H,1-5H3. The van der Waals surface area contributed by atoms with Crippen molar-refractivity contribution < 1.29 is 0 Å². The summed E-state index contributed by atoms with van der Waals surface area (Å²) < 4.78 is 3.48. The summed E-state index contributed by atoms with van der Waals surface area (Å²) in [5, 5.41) is 2.31. The summed E-state index contributed by atoms with van der Waals surface area (Å²) >= 11 is 2.34. The van der Waals surface area contributed by atoms with E-state index in [1.165, 1.54) is 33.3 Å². The van der Waals surface area contributed by atoms with Gasteiger partial charge in [0.05, 0.1) is 22.9 Å². The number of aromatic nitrogens is 3. The van der Waals surface area contributed by atoms with E-state index in [1.54, 1.807) is 0 Å². The van der Waals surface area contributed by atoms with Crippen molar-refractivity contribution in [2.75, 3.05) is 0 Å². The molecule has 156 valence electrons. The van der Waals surface area contributed by atoms with E-state index >= 15 is 0 Å². The maximum Gasteiger partial charge on any atom is 0.147 e. The van der Waals surface area contributed by atoms with Crippen LogP contribution in [-0.2, 0) is 0 Å². The van der Waals surface area contributed by atoms with Crippen molar-refractivity contribution in [3.63, 3.8) is 0 Å². The van der Waals surface area contributed by atoms with E-state index in [9.17, 15) is 0 Å². The van der Waals surface area contributed by atoms with Crippen LogP contribution in [0.15, 0.2) is 54.9 Å². The zero-order valence-electron chi connectivity index (χ0n) is 18.6. The Balaban J connectivity index is 2.03. The summed E-state index contributed by atoms with van der Waals surface area (Å²) in [6, 6.07) is 15.4. The average Bonchev–Trinajstić information content (AvgIpc) is 3.18. The molecule has 5 rings (SSSR count). The van der Waals surface area contributed by atoms with Crippen LogP contribution in [0.25, 0.3) is 38.7 Å². The molecule has 0 radical (unpaired) electrons. The average molecular weight is 519 g/mol. The first-order valence-electron chi connectivity index (χ1n) is 10.9. The van der Waals surface area contributed by atoms with E-state index in [0.717, 1.165) is 25.6 Å². The van der Waals surface area contributed by atoms with Crippen molar-refractivity contribution in [3.05, 3.63) is 75.1 Å². The quantitative estimate of drug-likeness (QED) is 0.179. The van der Waals surface area contributed by atoms with Crippen LogP contribution in [-0.4, -0.2) is 14.4 Å². The molecule has 0 saturated heterocycles. The van der Waals surface area contributed by atoms with E-state index in [2.05, 4.69) is 110 Å². The summed E-state index contributed by atoms with van der Waals surface area (Å²) in [6.45, 7) is 11.3. The highest BCUT2D eigenvalue weighted by Crippen LogP contribution is 2.39. The zero-order valence-corrected chi connectivity index (χ0v) is 20.7. The third kappa shape index (κ3) is 3.15. The Kier molecular flexibility index (Phi) is 5.00. The van der Waals surface area contributed by atoms with E-state index in [-0.39, 0.29) is 0 Å². The first kappa shape index (κ1) is 20.4. The molecular formula is C27H26IN3. The lowest BCUT2D eigenvalue weighted by molar-refractivity contribution is 0.836. The molecule has 0 unspecified atom stereocenters. The lowest BCUT2D eigenvalue weighted by Crippen LogP contribution is -2.03. The van der Waals surface area contributed by atoms with E-state index < -0.39 is 0 Å². The largest absolute Gasteiger partial charge is 0.292 e. The number of imidazole rings is 1. The Labute approximate surface area is 196 Å². The van der Waals surface area contributed by atoms with Gasteiger partial charge in [-0.05, 0) is 70.2 Å². The van der Waals surface area contributed by atoms with Gasteiger partial charge in [0.25, 0.3) is 0 Å². The molecule has 0 atom stereocenters. The molecule has 4 heteroatoms. The van der Waals surface area contributed by atoms with Crippen LogP contribution in [0.2, 0.25) is 0 Å². The topological polar surface area (TPSA) is 30.2 Å². The predicted molar refractivity (Wildman–Crippen MR) is 139 cm³/mol. The van der Waals surface area contributed by atoms with Crippen LogP contribution in [0.3, 0.4) is 0 Å². The minimum atomic E-state index is 0.426. The van der Waals surface area contributed by atoms with Gasteiger partial charge in [0.15, 0.2) is 0 Å². The molecule has 3 aromatic heterocycles. The van der Waals surface area contributed by atoms with Crippen LogP contribution in [0.5, 0.6) is 0 Å². The van der Waals surface area contributed by atoms with Gasteiger partial charge in [-0.2, -0.15) is 0 Å². The van der Waals surface area contributed by atoms with Crippen LogP contribution < -0.4 is 0 Å². The number of pyridine rings is 2. The monoisotopic (exact) mass is 519 g/mol. The van der Waals surface area contributed by atoms with Gasteiger partial charge in [0.2, 0.25) is 0 Å². The number of aryl methyl sites for hydroxylation is 1. The minimum Gasteiger partial charge on any atom is -0.292 e. The highest BCUT2D eigenvalue weighted by Gasteiger charge is 2.21. The van der Waals surface area contributed by atoms with Crippen molar-refractivity contribution in [2.24, 2.45) is 0 Å². The van der Waals surface area contributed by atoms with Gasteiger partial charge in [0, 0.05) is 26.1 Å². The summed E-state index contributed by atoms with van der Waals surface area (Å²) in [4.78, 5) is 9.80. The fraction of sp³-hybridized carbons (Fsp3) is 0.259. The highest BCUT2D eigenvalue weighted by molar-refractivity contribution is 14.1. The predicted octanol–water partition coefficient (Wildman–Crippen LogP) is 7.86. The second kappa shape index (κ2) is 7.59. The van der Waals surface area contributed by atoms with Gasteiger partial charge >= 0.3 is 0 Å². The first-order chi connectivity index (χ1) is 14.9. The zero-order chi connectivity index (χ0) is 21.9. The van der Waals surface area contributed by atoms with Crippen LogP contribution >= 0.6 is 22.6 Å². The van der Waals surface area contributed by atoms with Crippen LogP contribution in [0.1, 0.15) is 56.2 Å². The molecule has 5 aromatic rings. The SMILES string of the molecule is Cc1cccc2c1c1ncc(I)cc1c1ncc(-c3c(C(C)C)cccc3C(C)C)n21. The molecule has 0 aliphatic rings. The molecule has 31 heavy (non-hydrogen) atoms. The maximum absolute atomic E-state index is 4.96. The summed E-state index contributed by atoms with van der Waals surface area (Å²) in [7, 11) is 0. The molecule has 0 aliphatic carbocycles. The number of benzene rings is 2. The lowest BCUT2D eigenvalue weighted by Gasteiger charge is -2.20. The third-order valence-electron chi connectivity index (χ3n) is 6.21. The van der Waals surface area contributed by atoms with E-state index in [0.29, 0.717) is 11.8 Å². The molecule has 3 nitrogen and oxygen atoms in total. The van der Waals surface area contributed by atoms with Gasteiger partial charge in [0.1, 0.15) is 5.65 Å². The smallest absolute Gasteiger partial charge is 0.147 e.